The Morgan fingerprint density at radius 3 is 2.56 bits per heavy atom. The molecule has 0 bridgehead atoms. The van der Waals surface area contributed by atoms with Crippen LogP contribution >= 0.6 is 11.3 Å². The second-order valence-electron chi connectivity index (χ2n) is 6.30. The van der Waals surface area contributed by atoms with Crippen molar-refractivity contribution >= 4 is 28.2 Å². The summed E-state index contributed by atoms with van der Waals surface area (Å²) in [5, 5.41) is 5.43. The second-order valence-corrected chi connectivity index (χ2v) is 7.28. The van der Waals surface area contributed by atoms with Gasteiger partial charge in [-0.2, -0.15) is 0 Å². The number of carbonyl (C=O) groups excluding carboxylic acids is 1. The molecule has 27 heavy (non-hydrogen) atoms. The van der Waals surface area contributed by atoms with E-state index in [0.717, 1.165) is 16.0 Å². The Balaban J connectivity index is 1.70. The summed E-state index contributed by atoms with van der Waals surface area (Å²) in [6.07, 6.45) is 0. The molecule has 0 aliphatic rings. The van der Waals surface area contributed by atoms with Crippen molar-refractivity contribution in [1.82, 2.24) is 5.32 Å². The number of aryl methyl sites for hydroxylation is 1. The van der Waals surface area contributed by atoms with Crippen molar-refractivity contribution in [2.75, 3.05) is 0 Å². The zero-order chi connectivity index (χ0) is 18.8. The van der Waals surface area contributed by atoms with Crippen molar-refractivity contribution in [3.8, 4) is 0 Å². The molecule has 0 fully saturated rings. The van der Waals surface area contributed by atoms with Gasteiger partial charge in [-0.25, -0.2) is 0 Å². The van der Waals surface area contributed by atoms with E-state index in [2.05, 4.69) is 5.32 Å². The minimum atomic E-state index is -0.420. The van der Waals surface area contributed by atoms with Crippen LogP contribution in [0.2, 0.25) is 0 Å². The van der Waals surface area contributed by atoms with E-state index in [1.54, 1.807) is 35.6 Å². The van der Waals surface area contributed by atoms with Crippen LogP contribution in [0.3, 0.4) is 0 Å². The normalized spacial score (nSPS) is 12.0. The standard InChI is InChI=1S/C22H17NO3S/c1-14-8-10-15(11-9-14)21(20-7-4-12-27-20)23-22(25)19-13-17(24)16-5-2-3-6-18(16)26-19/h2-13,21H,1H3,(H,23,25). The molecule has 4 aromatic rings. The number of amides is 1. The van der Waals surface area contributed by atoms with Gasteiger partial charge in [0.1, 0.15) is 5.58 Å². The molecule has 0 radical (unpaired) electrons. The van der Waals surface area contributed by atoms with Crippen molar-refractivity contribution in [3.63, 3.8) is 0 Å². The van der Waals surface area contributed by atoms with Crippen LogP contribution < -0.4 is 10.7 Å². The fourth-order valence-corrected chi connectivity index (χ4v) is 3.75. The molecular weight excluding hydrogens is 358 g/mol. The summed E-state index contributed by atoms with van der Waals surface area (Å²) in [4.78, 5) is 26.1. The summed E-state index contributed by atoms with van der Waals surface area (Å²) < 4.78 is 5.67. The van der Waals surface area contributed by atoms with Crippen LogP contribution in [0.4, 0.5) is 0 Å². The number of hydrogen-bond acceptors (Lipinski definition) is 4. The Morgan fingerprint density at radius 1 is 1.04 bits per heavy atom. The van der Waals surface area contributed by atoms with Crippen molar-refractivity contribution in [3.05, 3.63) is 104 Å². The Bertz CT molecular complexity index is 1140. The van der Waals surface area contributed by atoms with E-state index in [4.69, 9.17) is 4.42 Å². The summed E-state index contributed by atoms with van der Waals surface area (Å²) >= 11 is 1.57. The van der Waals surface area contributed by atoms with Crippen molar-refractivity contribution in [1.29, 1.82) is 0 Å². The third kappa shape index (κ3) is 3.55. The van der Waals surface area contributed by atoms with Crippen molar-refractivity contribution in [2.45, 2.75) is 13.0 Å². The maximum Gasteiger partial charge on any atom is 0.287 e. The number of benzene rings is 2. The highest BCUT2D eigenvalue weighted by molar-refractivity contribution is 7.10. The van der Waals surface area contributed by atoms with Crippen LogP contribution in [0.1, 0.15) is 32.6 Å². The molecule has 4 nitrogen and oxygen atoms in total. The molecule has 0 aliphatic heterocycles. The average Bonchev–Trinajstić information content (AvgIpc) is 3.21. The molecule has 0 aliphatic carbocycles. The van der Waals surface area contributed by atoms with E-state index in [1.807, 2.05) is 48.7 Å². The molecule has 2 aromatic heterocycles. The monoisotopic (exact) mass is 375 g/mol. The van der Waals surface area contributed by atoms with E-state index in [0.29, 0.717) is 11.0 Å². The molecule has 5 heteroatoms. The molecule has 2 aromatic carbocycles. The van der Waals surface area contributed by atoms with Crippen molar-refractivity contribution < 1.29 is 9.21 Å². The maximum atomic E-state index is 12.8. The molecule has 4 rings (SSSR count). The molecule has 1 unspecified atom stereocenters. The van der Waals surface area contributed by atoms with E-state index in [1.165, 1.54) is 6.07 Å². The van der Waals surface area contributed by atoms with Crippen LogP contribution in [-0.4, -0.2) is 5.91 Å². The van der Waals surface area contributed by atoms with Gasteiger partial charge in [0.2, 0.25) is 0 Å². The predicted molar refractivity (Wildman–Crippen MR) is 107 cm³/mol. The highest BCUT2D eigenvalue weighted by Gasteiger charge is 2.21. The first-order valence-corrected chi connectivity index (χ1v) is 9.43. The van der Waals surface area contributed by atoms with Crippen LogP contribution in [0.15, 0.2) is 81.3 Å². The summed E-state index contributed by atoms with van der Waals surface area (Å²) in [6, 6.07) is 19.8. The van der Waals surface area contributed by atoms with Gasteiger partial charge in [0.25, 0.3) is 5.91 Å². The molecule has 0 saturated carbocycles. The lowest BCUT2D eigenvalue weighted by Gasteiger charge is -2.18. The first-order chi connectivity index (χ1) is 13.1. The van der Waals surface area contributed by atoms with Gasteiger partial charge in [-0.05, 0) is 36.1 Å². The van der Waals surface area contributed by atoms with Gasteiger partial charge in [-0.15, -0.1) is 11.3 Å². The molecule has 134 valence electrons. The Labute approximate surface area is 160 Å². The molecule has 1 atom stereocenters. The molecular formula is C22H17NO3S. The molecule has 1 amide bonds. The SMILES string of the molecule is Cc1ccc(C(NC(=O)c2cc(=O)c3ccccc3o2)c2cccs2)cc1. The zero-order valence-corrected chi connectivity index (χ0v) is 15.5. The van der Waals surface area contributed by atoms with E-state index >= 15 is 0 Å². The maximum absolute atomic E-state index is 12.8. The lowest BCUT2D eigenvalue weighted by Crippen LogP contribution is -2.29. The highest BCUT2D eigenvalue weighted by Crippen LogP contribution is 2.27. The Morgan fingerprint density at radius 2 is 1.81 bits per heavy atom. The lowest BCUT2D eigenvalue weighted by molar-refractivity contribution is 0.0916. The van der Waals surface area contributed by atoms with E-state index < -0.39 is 5.91 Å². The number of thiophene rings is 1. The lowest BCUT2D eigenvalue weighted by atomic mass is 10.0. The summed E-state index contributed by atoms with van der Waals surface area (Å²) in [7, 11) is 0. The van der Waals surface area contributed by atoms with Crippen molar-refractivity contribution in [2.24, 2.45) is 0 Å². The first kappa shape index (κ1) is 17.2. The summed E-state index contributed by atoms with van der Waals surface area (Å²) in [5.41, 5.74) is 2.29. The first-order valence-electron chi connectivity index (χ1n) is 8.55. The number of hydrogen-bond donors (Lipinski definition) is 1. The number of nitrogens with one attached hydrogen (secondary N) is 1. The van der Waals surface area contributed by atoms with Gasteiger partial charge >= 0.3 is 0 Å². The minimum absolute atomic E-state index is 0.00682. The third-order valence-corrected chi connectivity index (χ3v) is 5.31. The fraction of sp³-hybridized carbons (Fsp3) is 0.0909. The zero-order valence-electron chi connectivity index (χ0n) is 14.6. The Kier molecular flexibility index (Phi) is 4.60. The van der Waals surface area contributed by atoms with E-state index in [-0.39, 0.29) is 17.2 Å². The van der Waals surface area contributed by atoms with Gasteiger partial charge in [-0.1, -0.05) is 48.0 Å². The van der Waals surface area contributed by atoms with E-state index in [9.17, 15) is 9.59 Å². The largest absolute Gasteiger partial charge is 0.451 e. The number of carbonyl (C=O) groups is 1. The summed E-state index contributed by atoms with van der Waals surface area (Å²) in [5.74, 6) is -0.413. The number of fused-ring (bicyclic) bond motifs is 1. The van der Waals surface area contributed by atoms with Crippen LogP contribution in [0.25, 0.3) is 11.0 Å². The second kappa shape index (κ2) is 7.21. The summed E-state index contributed by atoms with van der Waals surface area (Å²) in [6.45, 7) is 2.02. The third-order valence-electron chi connectivity index (χ3n) is 4.37. The highest BCUT2D eigenvalue weighted by atomic mass is 32.1. The van der Waals surface area contributed by atoms with Gasteiger partial charge in [0.15, 0.2) is 11.2 Å². The van der Waals surface area contributed by atoms with Crippen LogP contribution in [0, 0.1) is 6.92 Å². The van der Waals surface area contributed by atoms with Crippen LogP contribution in [0.5, 0.6) is 0 Å². The number of para-hydroxylation sites is 1. The quantitative estimate of drug-likeness (QED) is 0.563. The van der Waals surface area contributed by atoms with Gasteiger partial charge in [0.05, 0.1) is 11.4 Å². The average molecular weight is 375 g/mol. The minimum Gasteiger partial charge on any atom is -0.451 e. The molecule has 0 spiro atoms. The molecule has 1 N–H and O–H groups in total. The number of rotatable bonds is 4. The van der Waals surface area contributed by atoms with Gasteiger partial charge in [0, 0.05) is 10.9 Å². The molecule has 0 saturated heterocycles. The smallest absolute Gasteiger partial charge is 0.287 e. The fourth-order valence-electron chi connectivity index (χ4n) is 2.95. The van der Waals surface area contributed by atoms with Gasteiger partial charge < -0.3 is 9.73 Å². The Hall–Kier alpha value is -3.18. The topological polar surface area (TPSA) is 59.3 Å². The van der Waals surface area contributed by atoms with Gasteiger partial charge in [-0.3, -0.25) is 9.59 Å². The predicted octanol–water partition coefficient (Wildman–Crippen LogP) is 4.68. The molecule has 2 heterocycles. The van der Waals surface area contributed by atoms with Crippen LogP contribution in [-0.2, 0) is 0 Å².